The van der Waals surface area contributed by atoms with Crippen molar-refractivity contribution in [1.82, 2.24) is 0 Å². The first-order valence-corrected chi connectivity index (χ1v) is 5.06. The Morgan fingerprint density at radius 1 is 1.33 bits per heavy atom. The summed E-state index contributed by atoms with van der Waals surface area (Å²) in [5.74, 6) is 0.734. The molecule has 1 rings (SSSR count). The molecule has 1 unspecified atom stereocenters. The fourth-order valence-electron chi connectivity index (χ4n) is 1.61. The second-order valence-electron chi connectivity index (χ2n) is 3.65. The molecule has 0 saturated carbocycles. The largest absolute Gasteiger partial charge is 0.457 e. The molecule has 1 atom stereocenters. The van der Waals surface area contributed by atoms with E-state index in [1.807, 2.05) is 0 Å². The van der Waals surface area contributed by atoms with Gasteiger partial charge in [-0.25, -0.2) is 0 Å². The van der Waals surface area contributed by atoms with Crippen LogP contribution in [0.2, 0.25) is 6.32 Å². The van der Waals surface area contributed by atoms with Gasteiger partial charge in [-0.05, 0) is 18.7 Å². The molecule has 1 aliphatic heterocycles. The second kappa shape index (κ2) is 5.60. The Balaban J connectivity index is 2.11. The molecular formula is C9H19BO2. The van der Waals surface area contributed by atoms with Crippen molar-refractivity contribution in [2.75, 3.05) is 13.2 Å². The highest BCUT2D eigenvalue weighted by Gasteiger charge is 2.23. The Morgan fingerprint density at radius 3 is 2.58 bits per heavy atom. The van der Waals surface area contributed by atoms with Crippen molar-refractivity contribution in [3.8, 4) is 0 Å². The topological polar surface area (TPSA) is 18.5 Å². The molecule has 2 nitrogen and oxygen atoms in total. The van der Waals surface area contributed by atoms with Gasteiger partial charge in [0, 0.05) is 13.2 Å². The fraction of sp³-hybridized carbons (Fsp3) is 1.00. The molecule has 1 fully saturated rings. The van der Waals surface area contributed by atoms with Crippen molar-refractivity contribution in [3.63, 3.8) is 0 Å². The molecule has 1 aliphatic rings. The van der Waals surface area contributed by atoms with Crippen LogP contribution in [0, 0.1) is 5.92 Å². The van der Waals surface area contributed by atoms with Crippen LogP contribution < -0.4 is 0 Å². The molecule has 0 bridgehead atoms. The summed E-state index contributed by atoms with van der Waals surface area (Å²) in [5, 5.41) is 0. The third-order valence-electron chi connectivity index (χ3n) is 2.27. The Labute approximate surface area is 75.8 Å². The zero-order valence-corrected chi connectivity index (χ0v) is 8.21. The summed E-state index contributed by atoms with van der Waals surface area (Å²) in [6.45, 7) is 6.25. The predicted octanol–water partition coefficient (Wildman–Crippen LogP) is 2.35. The Bertz CT molecular complexity index is 113. The van der Waals surface area contributed by atoms with Gasteiger partial charge in [0.15, 0.2) is 0 Å². The van der Waals surface area contributed by atoms with E-state index in [1.165, 1.54) is 12.8 Å². The van der Waals surface area contributed by atoms with E-state index >= 15 is 0 Å². The molecule has 1 heterocycles. The predicted molar refractivity (Wildman–Crippen MR) is 51.2 cm³/mol. The molecule has 3 heteroatoms. The molecule has 0 spiro atoms. The molecule has 0 N–H and O–H groups in total. The molecule has 0 aliphatic carbocycles. The van der Waals surface area contributed by atoms with Gasteiger partial charge in [-0.15, -0.1) is 0 Å². The summed E-state index contributed by atoms with van der Waals surface area (Å²) >= 11 is 0. The van der Waals surface area contributed by atoms with Gasteiger partial charge < -0.3 is 9.31 Å². The zero-order valence-electron chi connectivity index (χ0n) is 8.21. The van der Waals surface area contributed by atoms with Crippen molar-refractivity contribution in [2.24, 2.45) is 5.92 Å². The van der Waals surface area contributed by atoms with E-state index in [9.17, 15) is 0 Å². The molecule has 0 radical (unpaired) electrons. The maximum absolute atomic E-state index is 5.47. The lowest BCUT2D eigenvalue weighted by Gasteiger charge is -2.22. The number of rotatable bonds is 4. The van der Waals surface area contributed by atoms with E-state index in [0.29, 0.717) is 0 Å². The first-order chi connectivity index (χ1) is 5.83. The highest BCUT2D eigenvalue weighted by molar-refractivity contribution is 6.44. The molecule has 12 heavy (non-hydrogen) atoms. The third kappa shape index (κ3) is 3.59. The van der Waals surface area contributed by atoms with Crippen LogP contribution in [-0.2, 0) is 9.31 Å². The van der Waals surface area contributed by atoms with Gasteiger partial charge in [-0.1, -0.05) is 26.7 Å². The van der Waals surface area contributed by atoms with E-state index in [2.05, 4.69) is 13.8 Å². The summed E-state index contributed by atoms with van der Waals surface area (Å²) in [6, 6.07) is 0. The minimum Gasteiger partial charge on any atom is -0.411 e. The van der Waals surface area contributed by atoms with Crippen LogP contribution in [-0.4, -0.2) is 20.3 Å². The number of hydrogen-bond acceptors (Lipinski definition) is 2. The van der Waals surface area contributed by atoms with Gasteiger partial charge in [0.1, 0.15) is 0 Å². The standard InChI is InChI=1S/C9H19BO2/c1-3-5-9(2)8-10-11-6-4-7-12-10/h9H,3-8H2,1-2H3. The maximum atomic E-state index is 5.47. The van der Waals surface area contributed by atoms with Crippen molar-refractivity contribution < 1.29 is 9.31 Å². The van der Waals surface area contributed by atoms with Gasteiger partial charge in [-0.2, -0.15) is 0 Å². The minimum atomic E-state index is 0.0836. The van der Waals surface area contributed by atoms with E-state index < -0.39 is 0 Å². The van der Waals surface area contributed by atoms with Crippen LogP contribution in [0.4, 0.5) is 0 Å². The van der Waals surface area contributed by atoms with Crippen LogP contribution in [0.1, 0.15) is 33.1 Å². The first kappa shape index (κ1) is 10.1. The highest BCUT2D eigenvalue weighted by atomic mass is 16.6. The van der Waals surface area contributed by atoms with Crippen LogP contribution in [0.5, 0.6) is 0 Å². The van der Waals surface area contributed by atoms with Gasteiger partial charge >= 0.3 is 7.12 Å². The van der Waals surface area contributed by atoms with Crippen LogP contribution in [0.15, 0.2) is 0 Å². The Morgan fingerprint density at radius 2 is 2.00 bits per heavy atom. The molecule has 0 aromatic carbocycles. The van der Waals surface area contributed by atoms with Crippen LogP contribution in [0.25, 0.3) is 0 Å². The summed E-state index contributed by atoms with van der Waals surface area (Å²) in [6.07, 6.45) is 4.66. The van der Waals surface area contributed by atoms with Gasteiger partial charge in [0.2, 0.25) is 0 Å². The average Bonchev–Trinajstić information content (AvgIpc) is 2.06. The minimum absolute atomic E-state index is 0.0836. The highest BCUT2D eigenvalue weighted by Crippen LogP contribution is 2.16. The van der Waals surface area contributed by atoms with Gasteiger partial charge in [0.05, 0.1) is 0 Å². The van der Waals surface area contributed by atoms with Gasteiger partial charge in [-0.3, -0.25) is 0 Å². The third-order valence-corrected chi connectivity index (χ3v) is 2.27. The Hall–Kier alpha value is -0.0151. The smallest absolute Gasteiger partial charge is 0.411 e. The molecule has 0 amide bonds. The zero-order chi connectivity index (χ0) is 8.81. The lowest BCUT2D eigenvalue weighted by Crippen LogP contribution is -2.30. The van der Waals surface area contributed by atoms with Gasteiger partial charge in [0.25, 0.3) is 0 Å². The van der Waals surface area contributed by atoms with E-state index in [1.54, 1.807) is 0 Å². The maximum Gasteiger partial charge on any atom is 0.457 e. The van der Waals surface area contributed by atoms with E-state index in [0.717, 1.165) is 31.9 Å². The van der Waals surface area contributed by atoms with Crippen LogP contribution in [0.3, 0.4) is 0 Å². The Kier molecular flexibility index (Phi) is 4.70. The molecule has 70 valence electrons. The SMILES string of the molecule is CCCC(C)CB1OCCCO1. The summed E-state index contributed by atoms with van der Waals surface area (Å²) in [4.78, 5) is 0. The average molecular weight is 170 g/mol. The number of hydrogen-bond donors (Lipinski definition) is 0. The molecule has 1 saturated heterocycles. The summed E-state index contributed by atoms with van der Waals surface area (Å²) in [5.41, 5.74) is 0. The lowest BCUT2D eigenvalue weighted by atomic mass is 9.76. The fourth-order valence-corrected chi connectivity index (χ4v) is 1.61. The molecule has 0 aromatic heterocycles. The van der Waals surface area contributed by atoms with Crippen molar-refractivity contribution in [3.05, 3.63) is 0 Å². The monoisotopic (exact) mass is 170 g/mol. The second-order valence-corrected chi connectivity index (χ2v) is 3.65. The summed E-state index contributed by atoms with van der Waals surface area (Å²) in [7, 11) is 0.0836. The first-order valence-electron chi connectivity index (χ1n) is 5.06. The molecular weight excluding hydrogens is 151 g/mol. The van der Waals surface area contributed by atoms with Crippen molar-refractivity contribution in [1.29, 1.82) is 0 Å². The van der Waals surface area contributed by atoms with Crippen LogP contribution >= 0.6 is 0 Å². The normalized spacial score (nSPS) is 21.0. The van der Waals surface area contributed by atoms with E-state index in [4.69, 9.17) is 9.31 Å². The van der Waals surface area contributed by atoms with E-state index in [-0.39, 0.29) is 7.12 Å². The quantitative estimate of drug-likeness (QED) is 0.603. The summed E-state index contributed by atoms with van der Waals surface area (Å²) < 4.78 is 10.9. The van der Waals surface area contributed by atoms with Crippen molar-refractivity contribution in [2.45, 2.75) is 39.4 Å². The lowest BCUT2D eigenvalue weighted by molar-refractivity contribution is 0.131. The van der Waals surface area contributed by atoms with Crippen molar-refractivity contribution >= 4 is 7.12 Å². The molecule has 0 aromatic rings.